The summed E-state index contributed by atoms with van der Waals surface area (Å²) in [4.78, 5) is 0. The van der Waals surface area contributed by atoms with Crippen molar-refractivity contribution in [3.63, 3.8) is 0 Å². The van der Waals surface area contributed by atoms with Gasteiger partial charge in [0.15, 0.2) is 0 Å². The first-order valence-electron chi connectivity index (χ1n) is 5.91. The summed E-state index contributed by atoms with van der Waals surface area (Å²) in [5, 5.41) is 4.52. The minimum atomic E-state index is -0.179. The van der Waals surface area contributed by atoms with E-state index >= 15 is 0 Å². The Morgan fingerprint density at radius 1 is 1.50 bits per heavy atom. The van der Waals surface area contributed by atoms with Gasteiger partial charge in [0, 0.05) is 19.3 Å². The molecule has 0 bridgehead atoms. The second-order valence-electron chi connectivity index (χ2n) is 4.40. The van der Waals surface area contributed by atoms with Crippen LogP contribution in [0.3, 0.4) is 0 Å². The van der Waals surface area contributed by atoms with Crippen molar-refractivity contribution in [2.75, 3.05) is 13.4 Å². The molecule has 0 N–H and O–H groups in total. The monoisotopic (exact) mass is 224 g/mol. The number of aryl methyl sites for hydroxylation is 2. The largest absolute Gasteiger partial charge is 0.356 e. The Labute approximate surface area is 96.5 Å². The summed E-state index contributed by atoms with van der Waals surface area (Å²) in [6.07, 6.45) is 3.31. The van der Waals surface area contributed by atoms with E-state index in [-0.39, 0.29) is 5.60 Å². The molecule has 0 spiro atoms. The maximum absolute atomic E-state index is 5.86. The maximum atomic E-state index is 5.86. The van der Waals surface area contributed by atoms with Gasteiger partial charge in [-0.1, -0.05) is 0 Å². The molecule has 0 unspecified atom stereocenters. The summed E-state index contributed by atoms with van der Waals surface area (Å²) < 4.78 is 13.0. The van der Waals surface area contributed by atoms with Crippen LogP contribution in [0.2, 0.25) is 0 Å². The van der Waals surface area contributed by atoms with Gasteiger partial charge in [-0.05, 0) is 39.2 Å². The van der Waals surface area contributed by atoms with Crippen molar-refractivity contribution in [1.82, 2.24) is 9.78 Å². The molecule has 4 nitrogen and oxygen atoms in total. The van der Waals surface area contributed by atoms with E-state index in [9.17, 15) is 0 Å². The van der Waals surface area contributed by atoms with Crippen LogP contribution in [0.4, 0.5) is 0 Å². The third-order valence-corrected chi connectivity index (χ3v) is 3.36. The first kappa shape index (κ1) is 11.6. The van der Waals surface area contributed by atoms with Crippen LogP contribution in [0.25, 0.3) is 0 Å². The van der Waals surface area contributed by atoms with Crippen molar-refractivity contribution < 1.29 is 9.47 Å². The molecule has 1 aromatic heterocycles. The molecule has 0 radical (unpaired) electrons. The highest BCUT2D eigenvalue weighted by Crippen LogP contribution is 2.44. The fourth-order valence-electron chi connectivity index (χ4n) is 1.99. The summed E-state index contributed by atoms with van der Waals surface area (Å²) in [7, 11) is 1.97. The Kier molecular flexibility index (Phi) is 3.30. The smallest absolute Gasteiger partial charge is 0.147 e. The van der Waals surface area contributed by atoms with Gasteiger partial charge < -0.3 is 9.47 Å². The summed E-state index contributed by atoms with van der Waals surface area (Å²) in [6.45, 7) is 5.09. The lowest BCUT2D eigenvalue weighted by Crippen LogP contribution is -2.38. The molecule has 1 heterocycles. The van der Waals surface area contributed by atoms with Crippen molar-refractivity contribution in [2.45, 2.75) is 38.7 Å². The second kappa shape index (κ2) is 4.55. The summed E-state index contributed by atoms with van der Waals surface area (Å²) >= 11 is 0. The van der Waals surface area contributed by atoms with Gasteiger partial charge in [0.05, 0.1) is 5.69 Å². The number of ether oxygens (including phenoxy) is 2. The van der Waals surface area contributed by atoms with Crippen LogP contribution in [0, 0.1) is 6.92 Å². The molecule has 0 aliphatic heterocycles. The van der Waals surface area contributed by atoms with Gasteiger partial charge >= 0.3 is 0 Å². The highest BCUT2D eigenvalue weighted by Gasteiger charge is 2.42. The van der Waals surface area contributed by atoms with Crippen LogP contribution in [-0.2, 0) is 22.1 Å². The minimum Gasteiger partial charge on any atom is -0.356 e. The molecule has 1 aliphatic rings. The predicted octanol–water partition coefficient (Wildman–Crippen LogP) is 2.12. The van der Waals surface area contributed by atoms with Crippen LogP contribution in [-0.4, -0.2) is 23.2 Å². The third-order valence-electron chi connectivity index (χ3n) is 3.36. The molecule has 1 fully saturated rings. The van der Waals surface area contributed by atoms with Gasteiger partial charge in [0.25, 0.3) is 0 Å². The quantitative estimate of drug-likeness (QED) is 0.568. The van der Waals surface area contributed by atoms with Gasteiger partial charge in [-0.3, -0.25) is 4.68 Å². The Morgan fingerprint density at radius 3 is 2.69 bits per heavy atom. The Hall–Kier alpha value is -0.870. The molecule has 90 valence electrons. The average Bonchev–Trinajstić information content (AvgIpc) is 2.52. The van der Waals surface area contributed by atoms with Gasteiger partial charge in [0.1, 0.15) is 12.4 Å². The molecule has 0 saturated heterocycles. The molecule has 0 atom stereocenters. The van der Waals surface area contributed by atoms with Crippen molar-refractivity contribution in [2.24, 2.45) is 7.05 Å². The van der Waals surface area contributed by atoms with E-state index in [4.69, 9.17) is 9.47 Å². The number of rotatable bonds is 5. The zero-order valence-corrected chi connectivity index (χ0v) is 10.3. The fourth-order valence-corrected chi connectivity index (χ4v) is 1.99. The topological polar surface area (TPSA) is 36.3 Å². The number of hydrogen-bond donors (Lipinski definition) is 0. The summed E-state index contributed by atoms with van der Waals surface area (Å²) in [5.74, 6) is 0. The highest BCUT2D eigenvalue weighted by atomic mass is 16.7. The standard InChI is InChI=1S/C12H20N2O2/c1-4-15-9-16-12(6-5-7-12)11-8-10(2)14(3)13-11/h8H,4-7,9H2,1-3H3. The zero-order chi connectivity index (χ0) is 11.6. The van der Waals surface area contributed by atoms with Crippen LogP contribution < -0.4 is 0 Å². The molecule has 4 heteroatoms. The van der Waals surface area contributed by atoms with Crippen molar-refractivity contribution in [1.29, 1.82) is 0 Å². The van der Waals surface area contributed by atoms with Crippen LogP contribution in [0.1, 0.15) is 37.6 Å². The van der Waals surface area contributed by atoms with E-state index < -0.39 is 0 Å². The molecule has 2 rings (SSSR count). The lowest BCUT2D eigenvalue weighted by atomic mass is 9.77. The molecule has 16 heavy (non-hydrogen) atoms. The van der Waals surface area contributed by atoms with Crippen LogP contribution in [0.5, 0.6) is 0 Å². The lowest BCUT2D eigenvalue weighted by molar-refractivity contribution is -0.180. The Balaban J connectivity index is 2.08. The first-order chi connectivity index (χ1) is 7.68. The van der Waals surface area contributed by atoms with Crippen molar-refractivity contribution >= 4 is 0 Å². The fraction of sp³-hybridized carbons (Fsp3) is 0.750. The van der Waals surface area contributed by atoms with E-state index in [1.54, 1.807) is 0 Å². The lowest BCUT2D eigenvalue weighted by Gasteiger charge is -2.39. The van der Waals surface area contributed by atoms with Crippen LogP contribution in [0.15, 0.2) is 6.07 Å². The summed E-state index contributed by atoms with van der Waals surface area (Å²) in [6, 6.07) is 2.12. The highest BCUT2D eigenvalue weighted by molar-refractivity contribution is 5.19. The molecule has 1 aromatic rings. The molecule has 0 amide bonds. The predicted molar refractivity (Wildman–Crippen MR) is 61.1 cm³/mol. The molecule has 0 aromatic carbocycles. The molecular formula is C12H20N2O2. The zero-order valence-electron chi connectivity index (χ0n) is 10.3. The van der Waals surface area contributed by atoms with E-state index in [0.717, 1.165) is 18.5 Å². The number of hydrogen-bond acceptors (Lipinski definition) is 3. The average molecular weight is 224 g/mol. The second-order valence-corrected chi connectivity index (χ2v) is 4.40. The van der Waals surface area contributed by atoms with Crippen molar-refractivity contribution in [3.8, 4) is 0 Å². The molecule has 1 saturated carbocycles. The van der Waals surface area contributed by atoms with Crippen molar-refractivity contribution in [3.05, 3.63) is 17.5 Å². The summed E-state index contributed by atoms with van der Waals surface area (Å²) in [5.41, 5.74) is 2.04. The van der Waals surface area contributed by atoms with E-state index in [0.29, 0.717) is 13.4 Å². The minimum absolute atomic E-state index is 0.179. The van der Waals surface area contributed by atoms with E-state index in [1.165, 1.54) is 12.1 Å². The SMILES string of the molecule is CCOCOC1(c2cc(C)n(C)n2)CCC1. The van der Waals surface area contributed by atoms with Gasteiger partial charge in [-0.15, -0.1) is 0 Å². The number of nitrogens with zero attached hydrogens (tertiary/aromatic N) is 2. The molecule has 1 aliphatic carbocycles. The van der Waals surface area contributed by atoms with Crippen LogP contribution >= 0.6 is 0 Å². The van der Waals surface area contributed by atoms with Gasteiger partial charge in [-0.2, -0.15) is 5.10 Å². The Morgan fingerprint density at radius 2 is 2.25 bits per heavy atom. The maximum Gasteiger partial charge on any atom is 0.147 e. The Bertz CT molecular complexity index is 336. The van der Waals surface area contributed by atoms with E-state index in [1.807, 2.05) is 18.7 Å². The number of aromatic nitrogens is 2. The molecular weight excluding hydrogens is 204 g/mol. The van der Waals surface area contributed by atoms with E-state index in [2.05, 4.69) is 18.1 Å². The first-order valence-corrected chi connectivity index (χ1v) is 5.91. The van der Waals surface area contributed by atoms with Gasteiger partial charge in [-0.25, -0.2) is 0 Å². The normalized spacial score (nSPS) is 18.4. The van der Waals surface area contributed by atoms with Gasteiger partial charge in [0.2, 0.25) is 0 Å². The third kappa shape index (κ3) is 1.99.